The Bertz CT molecular complexity index is 368. The number of carboxylic acid groups (broad SMARTS) is 1. The van der Waals surface area contributed by atoms with Gasteiger partial charge < -0.3 is 9.84 Å². The van der Waals surface area contributed by atoms with Crippen LogP contribution in [-0.4, -0.2) is 23.2 Å². The van der Waals surface area contributed by atoms with Crippen LogP contribution in [0.15, 0.2) is 12.4 Å². The first kappa shape index (κ1) is 11.4. The van der Waals surface area contributed by atoms with Gasteiger partial charge in [0.2, 0.25) is 0 Å². The molecule has 0 atom stereocenters. The van der Waals surface area contributed by atoms with E-state index in [0.717, 1.165) is 6.20 Å². The molecule has 1 aromatic heterocycles. The van der Waals surface area contributed by atoms with Crippen molar-refractivity contribution in [2.45, 2.75) is 12.8 Å². The molecule has 0 bridgehead atoms. The average molecular weight is 217 g/mol. The summed E-state index contributed by atoms with van der Waals surface area (Å²) < 4.78 is 29.8. The van der Waals surface area contributed by atoms with Crippen LogP contribution in [0.5, 0.6) is 5.75 Å². The fourth-order valence-electron chi connectivity index (χ4n) is 1.19. The topological polar surface area (TPSA) is 59.4 Å². The minimum absolute atomic E-state index is 0.0324. The van der Waals surface area contributed by atoms with Crippen molar-refractivity contribution in [3.8, 4) is 5.75 Å². The molecule has 15 heavy (non-hydrogen) atoms. The summed E-state index contributed by atoms with van der Waals surface area (Å²) in [6.45, 7) is 0. The van der Waals surface area contributed by atoms with Gasteiger partial charge in [0.25, 0.3) is 6.43 Å². The molecule has 1 rings (SSSR count). The number of carbonyl (C=O) groups is 1. The summed E-state index contributed by atoms with van der Waals surface area (Å²) in [5.74, 6) is -1.13. The van der Waals surface area contributed by atoms with Crippen molar-refractivity contribution < 1.29 is 23.4 Å². The molecule has 0 aromatic carbocycles. The standard InChI is InChI=1S/C9H9F2NO3/c1-15-7-4-12-3-6(9(10)11)5(7)2-8(13)14/h3-4,9H,2H2,1H3,(H,13,14). The molecule has 0 saturated heterocycles. The molecule has 0 amide bonds. The van der Waals surface area contributed by atoms with Gasteiger partial charge in [0.15, 0.2) is 0 Å². The minimum atomic E-state index is -2.76. The van der Waals surface area contributed by atoms with E-state index in [1.165, 1.54) is 13.3 Å². The highest BCUT2D eigenvalue weighted by Gasteiger charge is 2.19. The first-order valence-electron chi connectivity index (χ1n) is 4.07. The maximum Gasteiger partial charge on any atom is 0.307 e. The van der Waals surface area contributed by atoms with Crippen molar-refractivity contribution in [1.82, 2.24) is 4.98 Å². The maximum absolute atomic E-state index is 12.5. The number of hydrogen-bond donors (Lipinski definition) is 1. The van der Waals surface area contributed by atoms with Gasteiger partial charge in [-0.25, -0.2) is 8.78 Å². The summed E-state index contributed by atoms with van der Waals surface area (Å²) in [5, 5.41) is 8.57. The molecule has 0 spiro atoms. The number of methoxy groups -OCH3 is 1. The number of aliphatic carboxylic acids is 1. The number of pyridine rings is 1. The Morgan fingerprint density at radius 3 is 2.73 bits per heavy atom. The average Bonchev–Trinajstić information content (AvgIpc) is 2.16. The van der Waals surface area contributed by atoms with Crippen molar-refractivity contribution >= 4 is 5.97 Å². The molecule has 0 aliphatic rings. The van der Waals surface area contributed by atoms with Gasteiger partial charge in [-0.3, -0.25) is 9.78 Å². The first-order chi connectivity index (χ1) is 7.06. The van der Waals surface area contributed by atoms with E-state index in [0.29, 0.717) is 0 Å². The van der Waals surface area contributed by atoms with Crippen LogP contribution in [0.1, 0.15) is 17.6 Å². The third-order valence-electron chi connectivity index (χ3n) is 1.83. The number of aromatic nitrogens is 1. The molecule has 0 unspecified atom stereocenters. The number of hydrogen-bond acceptors (Lipinski definition) is 3. The van der Waals surface area contributed by atoms with Gasteiger partial charge in [0.05, 0.1) is 19.7 Å². The highest BCUT2D eigenvalue weighted by molar-refractivity contribution is 5.72. The van der Waals surface area contributed by atoms with Gasteiger partial charge in [-0.2, -0.15) is 0 Å². The van der Waals surface area contributed by atoms with Crippen LogP contribution in [0.2, 0.25) is 0 Å². The van der Waals surface area contributed by atoms with E-state index < -0.39 is 24.4 Å². The van der Waals surface area contributed by atoms with Crippen LogP contribution in [0.3, 0.4) is 0 Å². The van der Waals surface area contributed by atoms with Crippen LogP contribution >= 0.6 is 0 Å². The Morgan fingerprint density at radius 1 is 1.60 bits per heavy atom. The Kier molecular flexibility index (Phi) is 3.54. The van der Waals surface area contributed by atoms with Gasteiger partial charge in [-0.15, -0.1) is 0 Å². The third-order valence-corrected chi connectivity index (χ3v) is 1.83. The summed E-state index contributed by atoms with van der Waals surface area (Å²) in [6, 6.07) is 0. The monoisotopic (exact) mass is 217 g/mol. The lowest BCUT2D eigenvalue weighted by molar-refractivity contribution is -0.136. The van der Waals surface area contributed by atoms with Crippen molar-refractivity contribution in [1.29, 1.82) is 0 Å². The van der Waals surface area contributed by atoms with Crippen molar-refractivity contribution in [3.05, 3.63) is 23.5 Å². The van der Waals surface area contributed by atoms with E-state index in [9.17, 15) is 13.6 Å². The first-order valence-corrected chi connectivity index (χ1v) is 4.07. The Hall–Kier alpha value is -1.72. The molecule has 0 aliphatic heterocycles. The van der Waals surface area contributed by atoms with Gasteiger partial charge >= 0.3 is 5.97 Å². The highest BCUT2D eigenvalue weighted by atomic mass is 19.3. The zero-order chi connectivity index (χ0) is 11.4. The van der Waals surface area contributed by atoms with E-state index in [-0.39, 0.29) is 11.3 Å². The number of carboxylic acids is 1. The number of ether oxygens (including phenoxy) is 1. The van der Waals surface area contributed by atoms with Crippen LogP contribution in [-0.2, 0) is 11.2 Å². The predicted molar refractivity (Wildman–Crippen MR) is 47.1 cm³/mol. The van der Waals surface area contributed by atoms with Crippen molar-refractivity contribution in [2.75, 3.05) is 7.11 Å². The van der Waals surface area contributed by atoms with E-state index in [2.05, 4.69) is 4.98 Å². The Labute approximate surface area is 84.5 Å². The van der Waals surface area contributed by atoms with Crippen LogP contribution in [0.25, 0.3) is 0 Å². The lowest BCUT2D eigenvalue weighted by atomic mass is 10.1. The van der Waals surface area contributed by atoms with Crippen LogP contribution in [0, 0.1) is 0 Å². The minimum Gasteiger partial charge on any atom is -0.495 e. The fraction of sp³-hybridized carbons (Fsp3) is 0.333. The van der Waals surface area contributed by atoms with Gasteiger partial charge in [0, 0.05) is 17.3 Å². The third kappa shape index (κ3) is 2.61. The second kappa shape index (κ2) is 4.68. The summed E-state index contributed by atoms with van der Waals surface area (Å²) in [4.78, 5) is 14.0. The number of nitrogens with zero attached hydrogens (tertiary/aromatic N) is 1. The lowest BCUT2D eigenvalue weighted by Crippen LogP contribution is -2.07. The molecular formula is C9H9F2NO3. The number of rotatable bonds is 4. The van der Waals surface area contributed by atoms with Crippen LogP contribution in [0.4, 0.5) is 8.78 Å². The van der Waals surface area contributed by atoms with Crippen molar-refractivity contribution in [3.63, 3.8) is 0 Å². The lowest BCUT2D eigenvalue weighted by Gasteiger charge is -2.10. The molecule has 1 aromatic rings. The van der Waals surface area contributed by atoms with E-state index >= 15 is 0 Å². The largest absolute Gasteiger partial charge is 0.495 e. The molecule has 0 radical (unpaired) electrons. The molecular weight excluding hydrogens is 208 g/mol. The van der Waals surface area contributed by atoms with Crippen LogP contribution < -0.4 is 4.74 Å². The number of halogens is 2. The maximum atomic E-state index is 12.5. The second-order valence-electron chi connectivity index (χ2n) is 2.78. The molecule has 6 heteroatoms. The second-order valence-corrected chi connectivity index (χ2v) is 2.78. The highest BCUT2D eigenvalue weighted by Crippen LogP contribution is 2.28. The molecule has 1 heterocycles. The molecule has 0 fully saturated rings. The summed E-state index contributed by atoms with van der Waals surface area (Å²) in [7, 11) is 1.28. The quantitative estimate of drug-likeness (QED) is 0.833. The zero-order valence-electron chi connectivity index (χ0n) is 7.91. The summed E-state index contributed by atoms with van der Waals surface area (Å²) in [6.07, 6.45) is -1.11. The van der Waals surface area contributed by atoms with E-state index in [1.54, 1.807) is 0 Å². The van der Waals surface area contributed by atoms with E-state index in [1.807, 2.05) is 0 Å². The molecule has 4 nitrogen and oxygen atoms in total. The Morgan fingerprint density at radius 2 is 2.27 bits per heavy atom. The molecule has 82 valence electrons. The summed E-state index contributed by atoms with van der Waals surface area (Å²) in [5.41, 5.74) is -0.438. The van der Waals surface area contributed by atoms with E-state index in [4.69, 9.17) is 9.84 Å². The molecule has 1 N–H and O–H groups in total. The SMILES string of the molecule is COc1cncc(C(F)F)c1CC(=O)O. The fourth-order valence-corrected chi connectivity index (χ4v) is 1.19. The predicted octanol–water partition coefficient (Wildman–Crippen LogP) is 1.65. The van der Waals surface area contributed by atoms with Gasteiger partial charge in [-0.05, 0) is 0 Å². The van der Waals surface area contributed by atoms with Gasteiger partial charge in [0.1, 0.15) is 5.75 Å². The smallest absolute Gasteiger partial charge is 0.307 e. The zero-order valence-corrected chi connectivity index (χ0v) is 7.91. The molecule has 0 saturated carbocycles. The number of alkyl halides is 2. The van der Waals surface area contributed by atoms with Crippen molar-refractivity contribution in [2.24, 2.45) is 0 Å². The van der Waals surface area contributed by atoms with Gasteiger partial charge in [-0.1, -0.05) is 0 Å². The Balaban J connectivity index is 3.20. The molecule has 0 aliphatic carbocycles. The normalized spacial score (nSPS) is 10.4. The summed E-state index contributed by atoms with van der Waals surface area (Å²) >= 11 is 0.